The zero-order chi connectivity index (χ0) is 19.7. The summed E-state index contributed by atoms with van der Waals surface area (Å²) in [4.78, 5) is 22.6. The van der Waals surface area contributed by atoms with Crippen molar-refractivity contribution in [3.63, 3.8) is 0 Å². The lowest BCUT2D eigenvalue weighted by molar-refractivity contribution is 0.102. The number of fused-ring (bicyclic) bond motifs is 1. The molecular weight excluding hydrogens is 372 g/mol. The van der Waals surface area contributed by atoms with E-state index in [1.165, 1.54) is 11.8 Å². The molecule has 0 fully saturated rings. The number of hydrogen-bond acceptors (Lipinski definition) is 6. The molecular formula is C20H18N6OS. The third-order valence-electron chi connectivity index (χ3n) is 4.33. The summed E-state index contributed by atoms with van der Waals surface area (Å²) in [5.41, 5.74) is 4.52. The molecule has 0 aliphatic heterocycles. The molecule has 2 aromatic heterocycles. The highest BCUT2D eigenvalue weighted by atomic mass is 32.2. The molecule has 0 saturated heterocycles. The highest BCUT2D eigenvalue weighted by Crippen LogP contribution is 2.26. The Bertz CT molecular complexity index is 1170. The van der Waals surface area contributed by atoms with Crippen LogP contribution in [0.1, 0.15) is 21.7 Å². The molecule has 0 radical (unpaired) electrons. The smallest absolute Gasteiger partial charge is 0.255 e. The molecule has 7 nitrogen and oxygen atoms in total. The number of hydrogen-bond donors (Lipinski definition) is 1. The fraction of sp³-hybridized carbons (Fsp3) is 0.150. The fourth-order valence-electron chi connectivity index (χ4n) is 2.65. The van der Waals surface area contributed by atoms with Crippen molar-refractivity contribution in [1.29, 1.82) is 0 Å². The number of aromatic nitrogens is 5. The molecule has 28 heavy (non-hydrogen) atoms. The van der Waals surface area contributed by atoms with Crippen molar-refractivity contribution in [2.24, 2.45) is 7.05 Å². The number of amides is 1. The fourth-order valence-corrected chi connectivity index (χ4v) is 3.41. The van der Waals surface area contributed by atoms with Gasteiger partial charge in [-0.1, -0.05) is 0 Å². The maximum Gasteiger partial charge on any atom is 0.255 e. The zero-order valence-electron chi connectivity index (χ0n) is 15.7. The molecule has 2 aromatic carbocycles. The number of aryl methyl sites for hydroxylation is 3. The molecule has 0 spiro atoms. The molecule has 0 unspecified atom stereocenters. The van der Waals surface area contributed by atoms with Crippen LogP contribution < -0.4 is 5.32 Å². The highest BCUT2D eigenvalue weighted by Gasteiger charge is 2.10. The maximum absolute atomic E-state index is 12.6. The largest absolute Gasteiger partial charge is 0.322 e. The van der Waals surface area contributed by atoms with E-state index in [-0.39, 0.29) is 5.91 Å². The van der Waals surface area contributed by atoms with Gasteiger partial charge in [-0.2, -0.15) is 0 Å². The van der Waals surface area contributed by atoms with Gasteiger partial charge in [0, 0.05) is 23.2 Å². The topological polar surface area (TPSA) is 85.6 Å². The van der Waals surface area contributed by atoms with Gasteiger partial charge in [-0.25, -0.2) is 9.97 Å². The molecule has 1 amide bonds. The van der Waals surface area contributed by atoms with E-state index >= 15 is 0 Å². The van der Waals surface area contributed by atoms with E-state index in [9.17, 15) is 4.79 Å². The minimum absolute atomic E-state index is 0.185. The van der Waals surface area contributed by atoms with Crippen molar-refractivity contribution in [2.75, 3.05) is 5.32 Å². The molecule has 1 N–H and O–H groups in total. The Labute approximate surface area is 166 Å². The van der Waals surface area contributed by atoms with E-state index in [2.05, 4.69) is 25.5 Å². The monoisotopic (exact) mass is 390 g/mol. The Morgan fingerprint density at radius 3 is 2.39 bits per heavy atom. The van der Waals surface area contributed by atoms with Crippen LogP contribution in [0.25, 0.3) is 11.0 Å². The van der Waals surface area contributed by atoms with Crippen molar-refractivity contribution in [1.82, 2.24) is 24.7 Å². The molecule has 4 rings (SSSR count). The summed E-state index contributed by atoms with van der Waals surface area (Å²) in [6.07, 6.45) is 1.66. The SMILES string of the molecule is Cc1nc2ccc(C(=O)Nc3ccc(Sc4nncn4C)cc3)cc2nc1C. The quantitative estimate of drug-likeness (QED) is 0.571. The predicted octanol–water partition coefficient (Wildman–Crippen LogP) is 3.78. The van der Waals surface area contributed by atoms with Gasteiger partial charge in [0.2, 0.25) is 0 Å². The van der Waals surface area contributed by atoms with Crippen molar-refractivity contribution < 1.29 is 4.79 Å². The van der Waals surface area contributed by atoms with Gasteiger partial charge in [-0.15, -0.1) is 10.2 Å². The van der Waals surface area contributed by atoms with Gasteiger partial charge >= 0.3 is 0 Å². The average molecular weight is 390 g/mol. The molecule has 2 heterocycles. The number of anilines is 1. The molecule has 4 aromatic rings. The second-order valence-corrected chi connectivity index (χ2v) is 7.44. The first-order valence-corrected chi connectivity index (χ1v) is 9.49. The normalized spacial score (nSPS) is 11.0. The molecule has 0 aliphatic rings. The summed E-state index contributed by atoms with van der Waals surface area (Å²) < 4.78 is 1.85. The Morgan fingerprint density at radius 2 is 1.71 bits per heavy atom. The van der Waals surface area contributed by atoms with Crippen molar-refractivity contribution in [3.05, 3.63) is 65.7 Å². The van der Waals surface area contributed by atoms with Gasteiger partial charge in [0.05, 0.1) is 22.4 Å². The van der Waals surface area contributed by atoms with E-state index in [0.29, 0.717) is 11.1 Å². The van der Waals surface area contributed by atoms with Crippen LogP contribution in [0, 0.1) is 13.8 Å². The van der Waals surface area contributed by atoms with Crippen LogP contribution in [0.4, 0.5) is 5.69 Å². The molecule has 0 bridgehead atoms. The predicted molar refractivity (Wildman–Crippen MR) is 109 cm³/mol. The molecule has 8 heteroatoms. The van der Waals surface area contributed by atoms with Gasteiger partial charge < -0.3 is 9.88 Å². The number of carbonyl (C=O) groups is 1. The first-order valence-electron chi connectivity index (χ1n) is 8.68. The first kappa shape index (κ1) is 18.1. The van der Waals surface area contributed by atoms with Crippen LogP contribution in [0.5, 0.6) is 0 Å². The van der Waals surface area contributed by atoms with Gasteiger partial charge in [-0.05, 0) is 68.1 Å². The third-order valence-corrected chi connectivity index (χ3v) is 5.39. The van der Waals surface area contributed by atoms with Gasteiger partial charge in [-0.3, -0.25) is 4.79 Å². The Morgan fingerprint density at radius 1 is 1.00 bits per heavy atom. The Hall–Kier alpha value is -3.26. The highest BCUT2D eigenvalue weighted by molar-refractivity contribution is 7.99. The van der Waals surface area contributed by atoms with Crippen LogP contribution in [-0.4, -0.2) is 30.6 Å². The minimum Gasteiger partial charge on any atom is -0.322 e. The summed E-state index contributed by atoms with van der Waals surface area (Å²) >= 11 is 1.51. The second kappa shape index (κ2) is 7.40. The summed E-state index contributed by atoms with van der Waals surface area (Å²) in [7, 11) is 1.90. The summed E-state index contributed by atoms with van der Waals surface area (Å²) in [6.45, 7) is 3.84. The van der Waals surface area contributed by atoms with Crippen LogP contribution >= 0.6 is 11.8 Å². The number of rotatable bonds is 4. The van der Waals surface area contributed by atoms with E-state index < -0.39 is 0 Å². The molecule has 0 atom stereocenters. The Balaban J connectivity index is 1.49. The molecule has 140 valence electrons. The van der Waals surface area contributed by atoms with Gasteiger partial charge in [0.25, 0.3) is 5.91 Å². The molecule has 0 saturated carbocycles. The van der Waals surface area contributed by atoms with Gasteiger partial charge in [0.1, 0.15) is 6.33 Å². The van der Waals surface area contributed by atoms with E-state index in [4.69, 9.17) is 0 Å². The number of nitrogens with zero attached hydrogens (tertiary/aromatic N) is 5. The number of benzene rings is 2. The summed E-state index contributed by atoms with van der Waals surface area (Å²) in [5.74, 6) is -0.185. The standard InChI is InChI=1S/C20H18N6OS/c1-12-13(2)23-18-10-14(4-9-17(18)22-12)19(27)24-15-5-7-16(8-6-15)28-20-25-21-11-26(20)3/h4-11H,1-3H3,(H,24,27). The number of carbonyl (C=O) groups excluding carboxylic acids is 1. The second-order valence-electron chi connectivity index (χ2n) is 6.40. The lowest BCUT2D eigenvalue weighted by Gasteiger charge is -2.08. The molecule has 0 aliphatic carbocycles. The number of nitrogens with one attached hydrogen (secondary N) is 1. The van der Waals surface area contributed by atoms with E-state index in [1.54, 1.807) is 18.5 Å². The summed E-state index contributed by atoms with van der Waals surface area (Å²) in [6, 6.07) is 13.0. The van der Waals surface area contributed by atoms with Crippen molar-refractivity contribution in [3.8, 4) is 0 Å². The lowest BCUT2D eigenvalue weighted by Crippen LogP contribution is -2.12. The van der Waals surface area contributed by atoms with Crippen LogP contribution in [-0.2, 0) is 7.05 Å². The van der Waals surface area contributed by atoms with Crippen molar-refractivity contribution in [2.45, 2.75) is 23.9 Å². The van der Waals surface area contributed by atoms with E-state index in [0.717, 1.165) is 32.6 Å². The summed E-state index contributed by atoms with van der Waals surface area (Å²) in [5, 5.41) is 11.6. The van der Waals surface area contributed by atoms with E-state index in [1.807, 2.05) is 55.8 Å². The van der Waals surface area contributed by atoms with Crippen LogP contribution in [0.15, 0.2) is 58.8 Å². The maximum atomic E-state index is 12.6. The first-order chi connectivity index (χ1) is 13.5. The lowest BCUT2D eigenvalue weighted by atomic mass is 10.1. The Kier molecular flexibility index (Phi) is 4.79. The van der Waals surface area contributed by atoms with Gasteiger partial charge in [0.15, 0.2) is 5.16 Å². The van der Waals surface area contributed by atoms with Crippen molar-refractivity contribution >= 4 is 34.4 Å². The third kappa shape index (κ3) is 3.72. The average Bonchev–Trinajstić information content (AvgIpc) is 3.08. The minimum atomic E-state index is -0.185. The van der Waals surface area contributed by atoms with Crippen LogP contribution in [0.2, 0.25) is 0 Å². The zero-order valence-corrected chi connectivity index (χ0v) is 16.5. The van der Waals surface area contributed by atoms with Crippen LogP contribution in [0.3, 0.4) is 0 Å².